The van der Waals surface area contributed by atoms with Gasteiger partial charge in [-0.25, -0.2) is 18.6 Å². The van der Waals surface area contributed by atoms with Gasteiger partial charge in [0.1, 0.15) is 17.0 Å². The van der Waals surface area contributed by atoms with E-state index in [1.807, 2.05) is 18.7 Å². The number of hydrogen-bond acceptors (Lipinski definition) is 6. The first-order valence-corrected chi connectivity index (χ1v) is 11.8. The lowest BCUT2D eigenvalue weighted by molar-refractivity contribution is 0.0695. The van der Waals surface area contributed by atoms with Crippen LogP contribution in [-0.4, -0.2) is 51.2 Å². The number of aromatic nitrogens is 3. The molecule has 0 saturated carbocycles. The lowest BCUT2D eigenvalue weighted by Gasteiger charge is -2.23. The molecule has 4 rings (SSSR count). The van der Waals surface area contributed by atoms with Crippen LogP contribution in [0.1, 0.15) is 41.8 Å². The average Bonchev–Trinajstić information content (AvgIpc) is 3.21. The van der Waals surface area contributed by atoms with E-state index in [1.165, 1.54) is 12.4 Å². The van der Waals surface area contributed by atoms with Crippen molar-refractivity contribution in [3.63, 3.8) is 0 Å². The molecule has 4 aromatic rings. The monoisotopic (exact) mass is 510 g/mol. The number of nitrogens with one attached hydrogen (secondary N) is 2. The third-order valence-electron chi connectivity index (χ3n) is 6.30. The number of hydrogen-bond donors (Lipinski definition) is 4. The smallest absolute Gasteiger partial charge is 0.341 e. The number of nitrogen functional groups attached to an aromatic ring is 1. The van der Waals surface area contributed by atoms with Crippen molar-refractivity contribution >= 4 is 51.2 Å². The Bertz CT molecular complexity index is 1620. The maximum Gasteiger partial charge on any atom is 0.341 e. The molecule has 0 aliphatic heterocycles. The molecular weight excluding hydrogens is 482 g/mol. The Morgan fingerprint density at radius 2 is 2.05 bits per heavy atom. The summed E-state index contributed by atoms with van der Waals surface area (Å²) in [4.78, 5) is 33.8. The number of fused-ring (bicyclic) bond motifs is 2. The van der Waals surface area contributed by atoms with Crippen LogP contribution in [0, 0.1) is 11.6 Å². The predicted molar refractivity (Wildman–Crippen MR) is 142 cm³/mol. The first-order valence-electron chi connectivity index (χ1n) is 11.8. The number of aryl methyl sites for hydroxylation is 1. The molecule has 0 unspecified atom stereocenters. The topological polar surface area (TPSA) is 129 Å². The van der Waals surface area contributed by atoms with E-state index < -0.39 is 23.0 Å². The van der Waals surface area contributed by atoms with Crippen molar-refractivity contribution in [3.05, 3.63) is 63.1 Å². The number of anilines is 2. The number of nitrogens with zero attached hydrogens (tertiary/aromatic N) is 3. The molecule has 3 aromatic heterocycles. The first-order chi connectivity index (χ1) is 17.6. The van der Waals surface area contributed by atoms with Gasteiger partial charge < -0.3 is 30.6 Å². The summed E-state index contributed by atoms with van der Waals surface area (Å²) in [7, 11) is 3.39. The highest BCUT2D eigenvalue weighted by molar-refractivity contribution is 6.06. The van der Waals surface area contributed by atoms with E-state index in [2.05, 4.69) is 15.3 Å². The van der Waals surface area contributed by atoms with Gasteiger partial charge in [0.2, 0.25) is 5.43 Å². The maximum atomic E-state index is 15.2. The van der Waals surface area contributed by atoms with E-state index in [9.17, 15) is 19.1 Å². The number of aromatic amines is 1. The van der Waals surface area contributed by atoms with E-state index >= 15 is 4.39 Å². The Kier molecular flexibility index (Phi) is 6.88. The summed E-state index contributed by atoms with van der Waals surface area (Å²) in [5, 5.41) is 12.5. The summed E-state index contributed by atoms with van der Waals surface area (Å²) in [6.07, 6.45) is 5.25. The Labute approximate surface area is 211 Å². The molecule has 37 heavy (non-hydrogen) atoms. The third kappa shape index (κ3) is 4.37. The molecule has 0 aliphatic carbocycles. The summed E-state index contributed by atoms with van der Waals surface area (Å²) in [5.41, 5.74) is 7.51. The number of H-pyrrole nitrogens is 1. The van der Waals surface area contributed by atoms with Crippen LogP contribution < -0.4 is 16.5 Å². The molecule has 0 aliphatic rings. The number of carboxylic acid groups (broad SMARTS) is 1. The lowest BCUT2D eigenvalue weighted by atomic mass is 10.0. The van der Waals surface area contributed by atoms with Crippen LogP contribution in [-0.2, 0) is 6.54 Å². The van der Waals surface area contributed by atoms with Crippen molar-refractivity contribution in [2.45, 2.75) is 26.8 Å². The molecule has 1 aromatic carbocycles. The average molecular weight is 511 g/mol. The summed E-state index contributed by atoms with van der Waals surface area (Å²) in [5.74, 6) is -3.26. The molecule has 0 amide bonds. The molecule has 0 bridgehead atoms. The Morgan fingerprint density at radius 1 is 1.32 bits per heavy atom. The second-order valence-corrected chi connectivity index (χ2v) is 8.69. The largest absolute Gasteiger partial charge is 0.477 e. The van der Waals surface area contributed by atoms with Gasteiger partial charge in [0.05, 0.1) is 27.5 Å². The zero-order chi connectivity index (χ0) is 27.0. The van der Waals surface area contributed by atoms with Gasteiger partial charge in [-0.2, -0.15) is 0 Å². The minimum absolute atomic E-state index is 0.00805. The highest BCUT2D eigenvalue weighted by Crippen LogP contribution is 2.39. The number of nitrogens with two attached hydrogens (primary N) is 1. The van der Waals surface area contributed by atoms with Gasteiger partial charge in [-0.3, -0.25) is 4.79 Å². The molecule has 0 fully saturated rings. The van der Waals surface area contributed by atoms with Crippen molar-refractivity contribution in [3.8, 4) is 0 Å². The molecule has 0 spiro atoms. The molecule has 9 nitrogen and oxygen atoms in total. The molecule has 0 saturated heterocycles. The van der Waals surface area contributed by atoms with E-state index in [4.69, 9.17) is 5.73 Å². The quantitative estimate of drug-likeness (QED) is 0.278. The van der Waals surface area contributed by atoms with E-state index in [1.54, 1.807) is 30.8 Å². The molecule has 3 heterocycles. The van der Waals surface area contributed by atoms with Crippen LogP contribution >= 0.6 is 0 Å². The van der Waals surface area contributed by atoms with Crippen LogP contribution in [0.5, 0.6) is 0 Å². The van der Waals surface area contributed by atoms with E-state index in [0.717, 1.165) is 12.5 Å². The number of pyridine rings is 2. The lowest BCUT2D eigenvalue weighted by Crippen LogP contribution is -2.20. The fourth-order valence-electron chi connectivity index (χ4n) is 4.54. The van der Waals surface area contributed by atoms with E-state index in [-0.39, 0.29) is 27.7 Å². The van der Waals surface area contributed by atoms with Gasteiger partial charge in [0.25, 0.3) is 0 Å². The Hall–Kier alpha value is -4.41. The van der Waals surface area contributed by atoms with Crippen molar-refractivity contribution in [2.75, 3.05) is 31.7 Å². The molecule has 11 heteroatoms. The third-order valence-corrected chi connectivity index (χ3v) is 6.30. The molecule has 0 radical (unpaired) electrons. The summed E-state index contributed by atoms with van der Waals surface area (Å²) in [6, 6.07) is 2.60. The number of carboxylic acids is 1. The minimum atomic E-state index is -1.33. The zero-order valence-electron chi connectivity index (χ0n) is 20.9. The Balaban J connectivity index is 2.03. The molecule has 0 atom stereocenters. The van der Waals surface area contributed by atoms with Crippen molar-refractivity contribution < 1.29 is 18.7 Å². The summed E-state index contributed by atoms with van der Waals surface area (Å²) >= 11 is 0. The number of rotatable bonds is 8. The van der Waals surface area contributed by atoms with Gasteiger partial charge >= 0.3 is 5.97 Å². The van der Waals surface area contributed by atoms with Gasteiger partial charge in [-0.1, -0.05) is 6.92 Å². The predicted octanol–water partition coefficient (Wildman–Crippen LogP) is 4.34. The van der Waals surface area contributed by atoms with Crippen molar-refractivity contribution in [1.82, 2.24) is 19.4 Å². The van der Waals surface area contributed by atoms with Crippen LogP contribution in [0.15, 0.2) is 29.3 Å². The first kappa shape index (κ1) is 25.7. The highest BCUT2D eigenvalue weighted by Gasteiger charge is 2.24. The fourth-order valence-corrected chi connectivity index (χ4v) is 4.54. The van der Waals surface area contributed by atoms with Crippen molar-refractivity contribution in [2.24, 2.45) is 0 Å². The number of aromatic carboxylic acids is 1. The number of carbonyl (C=O) groups is 1. The molecule has 194 valence electrons. The maximum absolute atomic E-state index is 15.2. The normalized spacial score (nSPS) is 11.9. The van der Waals surface area contributed by atoms with Crippen LogP contribution in [0.2, 0.25) is 0 Å². The number of benzene rings is 1. The second kappa shape index (κ2) is 9.92. The standard InChI is InChI=1S/C26H28F2N6O3/c1-5-7-33(4)18(19-20-21(28)16(27)10-17(30-3)22(20)32-24(19)29)9-13-8-14-23(35)15(26(36)37)12-34(6-2)25(14)31-11-13/h8-12,30,32H,5-7,29H2,1-4H3,(H,36,37)/b18-9-. The van der Waals surface area contributed by atoms with Crippen molar-refractivity contribution in [1.29, 1.82) is 0 Å². The number of halogens is 2. The zero-order valence-corrected chi connectivity index (χ0v) is 20.9. The van der Waals surface area contributed by atoms with E-state index in [0.29, 0.717) is 41.2 Å². The minimum Gasteiger partial charge on any atom is -0.477 e. The second-order valence-electron chi connectivity index (χ2n) is 8.69. The van der Waals surface area contributed by atoms with Crippen LogP contribution in [0.25, 0.3) is 33.7 Å². The van der Waals surface area contributed by atoms with Gasteiger partial charge in [-0.05, 0) is 31.1 Å². The Morgan fingerprint density at radius 3 is 2.68 bits per heavy atom. The summed E-state index contributed by atoms with van der Waals surface area (Å²) in [6.45, 7) is 4.77. The summed E-state index contributed by atoms with van der Waals surface area (Å²) < 4.78 is 31.3. The van der Waals surface area contributed by atoms with Gasteiger partial charge in [-0.15, -0.1) is 0 Å². The van der Waals surface area contributed by atoms with Gasteiger partial charge in [0, 0.05) is 51.3 Å². The fraction of sp³-hybridized carbons (Fsp3) is 0.269. The SMILES string of the molecule is CCCN(C)/C(=C\c1cnc2c(c1)c(=O)c(C(=O)O)cn2CC)c1c(N)[nH]c2c(NC)cc(F)c(F)c12. The van der Waals surface area contributed by atoms with Crippen LogP contribution in [0.3, 0.4) is 0 Å². The van der Waals surface area contributed by atoms with Gasteiger partial charge in [0.15, 0.2) is 11.6 Å². The molecular formula is C26H28F2N6O3. The van der Waals surface area contributed by atoms with Crippen LogP contribution in [0.4, 0.5) is 20.3 Å². The highest BCUT2D eigenvalue weighted by atomic mass is 19.2. The molecule has 5 N–H and O–H groups in total.